The molecule has 4 nitrogen and oxygen atoms in total. The minimum Gasteiger partial charge on any atom is -0.343 e. The highest BCUT2D eigenvalue weighted by Gasteiger charge is 2.04. The summed E-state index contributed by atoms with van der Waals surface area (Å²) in [6.45, 7) is 2.22. The molecule has 3 N–H and O–H groups in total. The summed E-state index contributed by atoms with van der Waals surface area (Å²) in [5.74, 6) is 0. The summed E-state index contributed by atoms with van der Waals surface area (Å²) in [5.41, 5.74) is 4.98. The van der Waals surface area contributed by atoms with Gasteiger partial charge in [0.1, 0.15) is 0 Å². The smallest absolute Gasteiger partial charge is 0.218 e. The Morgan fingerprint density at radius 2 is 2.50 bits per heavy atom. The van der Waals surface area contributed by atoms with Crippen LogP contribution in [0.2, 0.25) is 0 Å². The molecule has 0 saturated carbocycles. The minimum absolute atomic E-state index is 0.467. The number of hydrogen-bond acceptors (Lipinski definition) is 4. The molecule has 0 saturated heterocycles. The van der Waals surface area contributed by atoms with E-state index in [2.05, 4.69) is 0 Å². The predicted molar refractivity (Wildman–Crippen MR) is 31.3 cm³/mol. The van der Waals surface area contributed by atoms with Crippen molar-refractivity contribution >= 4 is 8.45 Å². The van der Waals surface area contributed by atoms with E-state index in [0.29, 0.717) is 6.54 Å². The normalized spacial score (nSPS) is 12.2. The molecule has 0 aromatic rings. The van der Waals surface area contributed by atoms with Crippen LogP contribution in [0.1, 0.15) is 6.92 Å². The predicted octanol–water partition coefficient (Wildman–Crippen LogP) is -0.0327. The zero-order chi connectivity index (χ0) is 6.57. The molecule has 0 rings (SSSR count). The third kappa shape index (κ3) is 2.08. The van der Waals surface area contributed by atoms with Gasteiger partial charge < -0.3 is 4.89 Å². The Labute approximate surface area is 49.5 Å². The second kappa shape index (κ2) is 3.62. The fourth-order valence-electron chi connectivity index (χ4n) is 0.261. The number of nitriles is 1. The van der Waals surface area contributed by atoms with Crippen molar-refractivity contribution in [1.82, 2.24) is 4.67 Å². The van der Waals surface area contributed by atoms with Crippen molar-refractivity contribution in [2.75, 3.05) is 6.54 Å². The summed E-state index contributed by atoms with van der Waals surface area (Å²) in [4.78, 5) is 8.56. The lowest BCUT2D eigenvalue weighted by molar-refractivity contribution is 0.527. The van der Waals surface area contributed by atoms with E-state index in [4.69, 9.17) is 15.7 Å². The van der Waals surface area contributed by atoms with E-state index in [1.807, 2.05) is 0 Å². The second-order valence-corrected chi connectivity index (χ2v) is 2.26. The number of nitrogens with zero attached hydrogens (tertiary/aromatic N) is 2. The molecule has 0 aromatic carbocycles. The Morgan fingerprint density at radius 3 is 2.50 bits per heavy atom. The lowest BCUT2D eigenvalue weighted by atomic mass is 10.8. The van der Waals surface area contributed by atoms with Gasteiger partial charge in [0.05, 0.1) is 0 Å². The fraction of sp³-hybridized carbons (Fsp3) is 0.667. The minimum atomic E-state index is -1.69. The molecule has 0 heterocycles. The molecule has 0 aliphatic rings. The first kappa shape index (κ1) is 7.64. The molecular formula is C3H8N3OP. The maximum absolute atomic E-state index is 8.56. The average molecular weight is 133 g/mol. The molecule has 0 amide bonds. The highest BCUT2D eigenvalue weighted by atomic mass is 31.2. The molecule has 0 radical (unpaired) electrons. The zero-order valence-electron chi connectivity index (χ0n) is 4.57. The van der Waals surface area contributed by atoms with Crippen LogP contribution in [0, 0.1) is 11.5 Å². The highest BCUT2D eigenvalue weighted by Crippen LogP contribution is 2.22. The molecule has 1 atom stereocenters. The van der Waals surface area contributed by atoms with Crippen LogP contribution in [0.5, 0.6) is 0 Å². The number of rotatable bonds is 2. The molecule has 0 aliphatic carbocycles. The van der Waals surface area contributed by atoms with Gasteiger partial charge in [0.25, 0.3) is 0 Å². The van der Waals surface area contributed by atoms with Crippen molar-refractivity contribution < 1.29 is 4.89 Å². The van der Waals surface area contributed by atoms with Crippen molar-refractivity contribution in [2.45, 2.75) is 6.92 Å². The second-order valence-electron chi connectivity index (χ2n) is 1.14. The summed E-state index contributed by atoms with van der Waals surface area (Å²) >= 11 is 0. The molecule has 46 valence electrons. The third-order valence-corrected chi connectivity index (χ3v) is 1.53. The van der Waals surface area contributed by atoms with Crippen LogP contribution in [-0.4, -0.2) is 16.1 Å². The van der Waals surface area contributed by atoms with Crippen molar-refractivity contribution in [3.63, 3.8) is 0 Å². The molecule has 0 aliphatic heterocycles. The summed E-state index contributed by atoms with van der Waals surface area (Å²) in [7, 11) is -1.69. The van der Waals surface area contributed by atoms with Gasteiger partial charge in [-0.3, -0.25) is 10.2 Å². The van der Waals surface area contributed by atoms with Gasteiger partial charge in [0.15, 0.2) is 6.19 Å². The van der Waals surface area contributed by atoms with Crippen LogP contribution < -0.4 is 5.50 Å². The van der Waals surface area contributed by atoms with E-state index in [0.717, 1.165) is 4.67 Å². The van der Waals surface area contributed by atoms with Gasteiger partial charge in [-0.05, 0) is 6.92 Å². The SMILES string of the molecule is CCN(C#N)P(N)O. The summed E-state index contributed by atoms with van der Waals surface area (Å²) in [6.07, 6.45) is 1.74. The Bertz CT molecular complexity index is 99.2. The monoisotopic (exact) mass is 133 g/mol. The molecule has 0 spiro atoms. The summed E-state index contributed by atoms with van der Waals surface area (Å²) < 4.78 is 1.12. The van der Waals surface area contributed by atoms with Crippen molar-refractivity contribution in [3.05, 3.63) is 0 Å². The first-order valence-electron chi connectivity index (χ1n) is 2.13. The van der Waals surface area contributed by atoms with Gasteiger partial charge in [-0.25, -0.2) is 0 Å². The summed E-state index contributed by atoms with van der Waals surface area (Å²) in [6, 6.07) is 0. The van der Waals surface area contributed by atoms with Gasteiger partial charge >= 0.3 is 0 Å². The largest absolute Gasteiger partial charge is 0.343 e. The first-order valence-corrected chi connectivity index (χ1v) is 3.45. The van der Waals surface area contributed by atoms with Crippen LogP contribution in [-0.2, 0) is 0 Å². The highest BCUT2D eigenvalue weighted by molar-refractivity contribution is 7.46. The lowest BCUT2D eigenvalue weighted by Gasteiger charge is -2.12. The Balaban J connectivity index is 3.57. The average Bonchev–Trinajstić information content (AvgIpc) is 1.69. The lowest BCUT2D eigenvalue weighted by Crippen LogP contribution is -2.13. The van der Waals surface area contributed by atoms with E-state index in [9.17, 15) is 0 Å². The van der Waals surface area contributed by atoms with E-state index in [1.54, 1.807) is 13.1 Å². The molecule has 0 aromatic heterocycles. The molecule has 1 unspecified atom stereocenters. The Kier molecular flexibility index (Phi) is 3.46. The zero-order valence-corrected chi connectivity index (χ0v) is 5.47. The van der Waals surface area contributed by atoms with Crippen molar-refractivity contribution in [1.29, 1.82) is 5.26 Å². The fourth-order valence-corrected chi connectivity index (χ4v) is 0.643. The maximum Gasteiger partial charge on any atom is 0.218 e. The number of hydrogen-bond donors (Lipinski definition) is 2. The number of nitrogens with two attached hydrogens (primary N) is 1. The third-order valence-electron chi connectivity index (χ3n) is 0.662. The van der Waals surface area contributed by atoms with Crippen LogP contribution in [0.4, 0.5) is 0 Å². The van der Waals surface area contributed by atoms with Crippen molar-refractivity contribution in [3.8, 4) is 6.19 Å². The molecular weight excluding hydrogens is 125 g/mol. The van der Waals surface area contributed by atoms with E-state index >= 15 is 0 Å². The van der Waals surface area contributed by atoms with Gasteiger partial charge in [-0.15, -0.1) is 0 Å². The standard InChI is InChI=1S/C3H8N3OP/c1-2-6(3-4)8(5)7/h7H,2,5H2,1H3. The maximum atomic E-state index is 8.56. The van der Waals surface area contributed by atoms with E-state index in [1.165, 1.54) is 0 Å². The van der Waals surface area contributed by atoms with Crippen LogP contribution >= 0.6 is 8.45 Å². The molecule has 0 fully saturated rings. The van der Waals surface area contributed by atoms with Gasteiger partial charge in [0, 0.05) is 6.54 Å². The van der Waals surface area contributed by atoms with Gasteiger partial charge in [-0.1, -0.05) is 0 Å². The van der Waals surface area contributed by atoms with Gasteiger partial charge in [-0.2, -0.15) is 5.26 Å². The quantitative estimate of drug-likeness (QED) is 0.315. The van der Waals surface area contributed by atoms with Crippen LogP contribution in [0.15, 0.2) is 0 Å². The Morgan fingerprint density at radius 1 is 2.00 bits per heavy atom. The molecule has 8 heavy (non-hydrogen) atoms. The van der Waals surface area contributed by atoms with E-state index in [-0.39, 0.29) is 0 Å². The van der Waals surface area contributed by atoms with E-state index < -0.39 is 8.45 Å². The summed E-state index contributed by atoms with van der Waals surface area (Å²) in [5, 5.41) is 8.15. The topological polar surface area (TPSA) is 73.3 Å². The van der Waals surface area contributed by atoms with Crippen molar-refractivity contribution in [2.24, 2.45) is 5.50 Å². The first-order chi connectivity index (χ1) is 3.72. The van der Waals surface area contributed by atoms with Crippen LogP contribution in [0.3, 0.4) is 0 Å². The van der Waals surface area contributed by atoms with Gasteiger partial charge in [0.2, 0.25) is 8.45 Å². The Hall–Kier alpha value is -0.360. The molecule has 5 heteroatoms. The molecule has 0 bridgehead atoms. The van der Waals surface area contributed by atoms with Crippen LogP contribution in [0.25, 0.3) is 0 Å².